The van der Waals surface area contributed by atoms with E-state index in [-0.39, 0.29) is 6.61 Å². The average Bonchev–Trinajstić information content (AvgIpc) is 2.37. The Kier molecular flexibility index (Phi) is 3.60. The lowest BCUT2D eigenvalue weighted by atomic mass is 9.96. The normalized spacial score (nSPS) is 13.3. The number of carbonyl (C=O) groups excluding carboxylic acids is 1. The Morgan fingerprint density at radius 2 is 2.24 bits per heavy atom. The third-order valence-electron chi connectivity index (χ3n) is 2.54. The third kappa shape index (κ3) is 2.75. The minimum atomic E-state index is -0.687. The molecule has 17 heavy (non-hydrogen) atoms. The standard InChI is InChI=1S/C14H14O3/c1-2-10-16-14(15)17-13-9-5-7-11-6-3-4-8-12(11)13/h2-4,6,8-9H,1,5,7,10H2. The van der Waals surface area contributed by atoms with Gasteiger partial charge in [0.15, 0.2) is 0 Å². The van der Waals surface area contributed by atoms with Gasteiger partial charge in [-0.1, -0.05) is 36.9 Å². The number of fused-ring (bicyclic) bond motifs is 1. The fraction of sp³-hybridized carbons (Fsp3) is 0.214. The molecule has 1 aromatic rings. The predicted octanol–water partition coefficient (Wildman–Crippen LogP) is 3.31. The van der Waals surface area contributed by atoms with Gasteiger partial charge in [0.2, 0.25) is 0 Å². The zero-order valence-electron chi connectivity index (χ0n) is 9.52. The van der Waals surface area contributed by atoms with Crippen LogP contribution in [0.4, 0.5) is 4.79 Å². The van der Waals surface area contributed by atoms with Crippen molar-refractivity contribution < 1.29 is 14.3 Å². The van der Waals surface area contributed by atoms with Gasteiger partial charge in [0.05, 0.1) is 0 Å². The van der Waals surface area contributed by atoms with Crippen molar-refractivity contribution in [1.82, 2.24) is 0 Å². The second-order valence-electron chi connectivity index (χ2n) is 3.72. The van der Waals surface area contributed by atoms with E-state index in [0.717, 1.165) is 18.4 Å². The minimum absolute atomic E-state index is 0.160. The molecule has 0 atom stereocenters. The predicted molar refractivity (Wildman–Crippen MR) is 65.4 cm³/mol. The summed E-state index contributed by atoms with van der Waals surface area (Å²) in [5, 5.41) is 0. The number of hydrogen-bond acceptors (Lipinski definition) is 3. The monoisotopic (exact) mass is 230 g/mol. The maximum atomic E-state index is 11.3. The van der Waals surface area contributed by atoms with Gasteiger partial charge in [0.1, 0.15) is 12.4 Å². The average molecular weight is 230 g/mol. The van der Waals surface area contributed by atoms with Gasteiger partial charge in [-0.2, -0.15) is 0 Å². The van der Waals surface area contributed by atoms with Crippen LogP contribution in [-0.4, -0.2) is 12.8 Å². The Balaban J connectivity index is 2.09. The van der Waals surface area contributed by atoms with Crippen LogP contribution in [0.1, 0.15) is 17.5 Å². The number of benzene rings is 1. The van der Waals surface area contributed by atoms with Crippen molar-refractivity contribution in [3.63, 3.8) is 0 Å². The van der Waals surface area contributed by atoms with Crippen LogP contribution >= 0.6 is 0 Å². The van der Waals surface area contributed by atoms with Gasteiger partial charge in [-0.05, 0) is 24.5 Å². The molecule has 2 rings (SSSR count). The molecule has 0 heterocycles. The summed E-state index contributed by atoms with van der Waals surface area (Å²) in [5.74, 6) is 0.584. The van der Waals surface area contributed by atoms with E-state index in [1.54, 1.807) is 0 Å². The molecule has 3 nitrogen and oxygen atoms in total. The summed E-state index contributed by atoms with van der Waals surface area (Å²) in [4.78, 5) is 11.3. The molecule has 0 amide bonds. The second kappa shape index (κ2) is 5.34. The maximum absolute atomic E-state index is 11.3. The van der Waals surface area contributed by atoms with E-state index in [4.69, 9.17) is 9.47 Å². The number of rotatable bonds is 3. The Morgan fingerprint density at radius 1 is 1.41 bits per heavy atom. The van der Waals surface area contributed by atoms with Crippen molar-refractivity contribution in [1.29, 1.82) is 0 Å². The molecule has 1 aromatic carbocycles. The van der Waals surface area contributed by atoms with E-state index >= 15 is 0 Å². The molecular weight excluding hydrogens is 216 g/mol. The Hall–Kier alpha value is -2.03. The number of aryl methyl sites for hydroxylation is 1. The highest BCUT2D eigenvalue weighted by atomic mass is 16.7. The van der Waals surface area contributed by atoms with E-state index in [0.29, 0.717) is 5.76 Å². The van der Waals surface area contributed by atoms with Crippen LogP contribution in [0.15, 0.2) is 43.0 Å². The molecule has 88 valence electrons. The summed E-state index contributed by atoms with van der Waals surface area (Å²) in [7, 11) is 0. The van der Waals surface area contributed by atoms with Crippen molar-refractivity contribution in [2.75, 3.05) is 6.61 Å². The smallest absolute Gasteiger partial charge is 0.430 e. The van der Waals surface area contributed by atoms with E-state index < -0.39 is 6.16 Å². The zero-order valence-corrected chi connectivity index (χ0v) is 9.52. The minimum Gasteiger partial charge on any atom is -0.430 e. The molecular formula is C14H14O3. The summed E-state index contributed by atoms with van der Waals surface area (Å²) in [6.45, 7) is 3.63. The molecule has 0 unspecified atom stereocenters. The fourth-order valence-electron chi connectivity index (χ4n) is 1.79. The number of allylic oxidation sites excluding steroid dienone is 1. The van der Waals surface area contributed by atoms with E-state index in [1.807, 2.05) is 30.3 Å². The van der Waals surface area contributed by atoms with Gasteiger partial charge in [-0.3, -0.25) is 0 Å². The SMILES string of the molecule is C=CCOC(=O)OC1=CCCc2ccccc21. The van der Waals surface area contributed by atoms with Gasteiger partial charge in [0.25, 0.3) is 0 Å². The van der Waals surface area contributed by atoms with Crippen molar-refractivity contribution in [3.05, 3.63) is 54.1 Å². The van der Waals surface area contributed by atoms with Crippen LogP contribution in [-0.2, 0) is 15.9 Å². The van der Waals surface area contributed by atoms with Gasteiger partial charge < -0.3 is 9.47 Å². The molecule has 0 saturated carbocycles. The molecule has 0 aromatic heterocycles. The van der Waals surface area contributed by atoms with Crippen LogP contribution in [0.2, 0.25) is 0 Å². The lowest BCUT2D eigenvalue weighted by molar-refractivity contribution is 0.100. The highest BCUT2D eigenvalue weighted by molar-refractivity contribution is 5.75. The van der Waals surface area contributed by atoms with Crippen LogP contribution in [0.3, 0.4) is 0 Å². The topological polar surface area (TPSA) is 35.5 Å². The van der Waals surface area contributed by atoms with Crippen molar-refractivity contribution in [3.8, 4) is 0 Å². The van der Waals surface area contributed by atoms with Gasteiger partial charge in [0, 0.05) is 5.56 Å². The lowest BCUT2D eigenvalue weighted by Crippen LogP contribution is -2.09. The van der Waals surface area contributed by atoms with E-state index in [9.17, 15) is 4.79 Å². The van der Waals surface area contributed by atoms with Gasteiger partial charge >= 0.3 is 6.16 Å². The highest BCUT2D eigenvalue weighted by Crippen LogP contribution is 2.27. The van der Waals surface area contributed by atoms with Crippen LogP contribution < -0.4 is 0 Å². The van der Waals surface area contributed by atoms with Crippen molar-refractivity contribution in [2.45, 2.75) is 12.8 Å². The molecule has 0 bridgehead atoms. The quantitative estimate of drug-likeness (QED) is 0.590. The lowest BCUT2D eigenvalue weighted by Gasteiger charge is -2.16. The molecule has 1 aliphatic carbocycles. The van der Waals surface area contributed by atoms with Crippen LogP contribution in [0.25, 0.3) is 5.76 Å². The van der Waals surface area contributed by atoms with Crippen LogP contribution in [0.5, 0.6) is 0 Å². The number of hydrogen-bond donors (Lipinski definition) is 0. The summed E-state index contributed by atoms with van der Waals surface area (Å²) in [5.41, 5.74) is 2.16. The van der Waals surface area contributed by atoms with Crippen molar-refractivity contribution >= 4 is 11.9 Å². The molecule has 0 N–H and O–H groups in total. The largest absolute Gasteiger partial charge is 0.514 e. The Bertz CT molecular complexity index is 460. The summed E-state index contributed by atoms with van der Waals surface area (Å²) >= 11 is 0. The Morgan fingerprint density at radius 3 is 3.06 bits per heavy atom. The van der Waals surface area contributed by atoms with Gasteiger partial charge in [-0.15, -0.1) is 0 Å². The first kappa shape index (κ1) is 11.5. The zero-order chi connectivity index (χ0) is 12.1. The summed E-state index contributed by atoms with van der Waals surface area (Å²) in [6, 6.07) is 7.90. The number of ether oxygens (including phenoxy) is 2. The molecule has 1 aliphatic rings. The first-order valence-corrected chi connectivity index (χ1v) is 5.55. The molecule has 3 heteroatoms. The first-order chi connectivity index (χ1) is 8.31. The highest BCUT2D eigenvalue weighted by Gasteiger charge is 2.16. The molecule has 0 saturated heterocycles. The number of carbonyl (C=O) groups is 1. The first-order valence-electron chi connectivity index (χ1n) is 5.55. The summed E-state index contributed by atoms with van der Waals surface area (Å²) < 4.78 is 9.96. The van der Waals surface area contributed by atoms with E-state index in [2.05, 4.69) is 6.58 Å². The second-order valence-corrected chi connectivity index (χ2v) is 3.72. The molecule has 0 aliphatic heterocycles. The maximum Gasteiger partial charge on any atom is 0.514 e. The van der Waals surface area contributed by atoms with E-state index in [1.165, 1.54) is 11.6 Å². The van der Waals surface area contributed by atoms with Gasteiger partial charge in [-0.25, -0.2) is 4.79 Å². The molecule has 0 radical (unpaired) electrons. The third-order valence-corrected chi connectivity index (χ3v) is 2.54. The Labute approximate surface area is 100 Å². The molecule has 0 spiro atoms. The van der Waals surface area contributed by atoms with Crippen LogP contribution in [0, 0.1) is 0 Å². The fourth-order valence-corrected chi connectivity index (χ4v) is 1.79. The molecule has 0 fully saturated rings. The summed E-state index contributed by atoms with van der Waals surface area (Å²) in [6.07, 6.45) is 4.58. The van der Waals surface area contributed by atoms with Crippen molar-refractivity contribution in [2.24, 2.45) is 0 Å².